The molecule has 9 heteroatoms. The van der Waals surface area contributed by atoms with Gasteiger partial charge in [-0.25, -0.2) is 4.98 Å². The Morgan fingerprint density at radius 1 is 1.23 bits per heavy atom. The predicted octanol–water partition coefficient (Wildman–Crippen LogP) is 3.23. The summed E-state index contributed by atoms with van der Waals surface area (Å²) in [6.45, 7) is 7.09. The Bertz CT molecular complexity index is 1140. The first kappa shape index (κ1) is 25.3. The number of hydrogen-bond donors (Lipinski definition) is 2. The molecular weight excluding hydrogens is 462 g/mol. The highest BCUT2D eigenvalue weighted by Crippen LogP contribution is 2.28. The van der Waals surface area contributed by atoms with Gasteiger partial charge >= 0.3 is 0 Å². The van der Waals surface area contributed by atoms with Crippen LogP contribution >= 0.6 is 11.3 Å². The van der Waals surface area contributed by atoms with Gasteiger partial charge in [0.1, 0.15) is 5.82 Å². The first-order valence-corrected chi connectivity index (χ1v) is 13.2. The number of amides is 2. The Morgan fingerprint density at radius 2 is 2.06 bits per heavy atom. The number of nitrogens with one attached hydrogen (secondary N) is 2. The maximum Gasteiger partial charge on any atom is 0.251 e. The van der Waals surface area contributed by atoms with Crippen LogP contribution in [0.2, 0.25) is 0 Å². The number of imidazole rings is 1. The molecule has 4 rings (SSSR count). The molecule has 0 spiro atoms. The number of benzene rings is 1. The highest BCUT2D eigenvalue weighted by Gasteiger charge is 2.20. The average molecular weight is 498 g/mol. The van der Waals surface area contributed by atoms with Crippen LogP contribution in [-0.2, 0) is 16.0 Å². The maximum atomic E-state index is 12.8. The molecule has 1 aliphatic rings. The second kappa shape index (κ2) is 11.8. The largest absolute Gasteiger partial charge is 0.374 e. The van der Waals surface area contributed by atoms with E-state index in [0.717, 1.165) is 49.2 Å². The lowest BCUT2D eigenvalue weighted by Crippen LogP contribution is -2.47. The van der Waals surface area contributed by atoms with Gasteiger partial charge in [0.05, 0.1) is 30.3 Å². The van der Waals surface area contributed by atoms with Crippen molar-refractivity contribution < 1.29 is 14.3 Å². The molecule has 0 aliphatic carbocycles. The molecule has 0 saturated carbocycles. The molecule has 3 heterocycles. The Hall–Kier alpha value is -2.75. The summed E-state index contributed by atoms with van der Waals surface area (Å²) < 4.78 is 7.99. The summed E-state index contributed by atoms with van der Waals surface area (Å²) in [7, 11) is 2.03. The van der Waals surface area contributed by atoms with Crippen molar-refractivity contribution in [2.45, 2.75) is 45.3 Å². The quantitative estimate of drug-likeness (QED) is 0.449. The van der Waals surface area contributed by atoms with Crippen LogP contribution in [0.5, 0.6) is 0 Å². The van der Waals surface area contributed by atoms with Gasteiger partial charge in [-0.05, 0) is 49.5 Å². The molecule has 2 aromatic heterocycles. The van der Waals surface area contributed by atoms with Crippen molar-refractivity contribution >= 4 is 34.2 Å². The number of rotatable bonds is 10. The molecule has 35 heavy (non-hydrogen) atoms. The number of carbonyl (C=O) groups excluding carboxylic acids is 2. The predicted molar refractivity (Wildman–Crippen MR) is 139 cm³/mol. The fourth-order valence-electron chi connectivity index (χ4n) is 4.59. The van der Waals surface area contributed by atoms with Crippen molar-refractivity contribution in [2.24, 2.45) is 0 Å². The van der Waals surface area contributed by atoms with Gasteiger partial charge in [0.2, 0.25) is 5.91 Å². The fourth-order valence-corrected chi connectivity index (χ4v) is 5.29. The van der Waals surface area contributed by atoms with E-state index in [4.69, 9.17) is 9.72 Å². The summed E-state index contributed by atoms with van der Waals surface area (Å²) >= 11 is 1.73. The Labute approximate surface area is 210 Å². The summed E-state index contributed by atoms with van der Waals surface area (Å²) in [6.07, 6.45) is 2.77. The minimum Gasteiger partial charge on any atom is -0.374 e. The Kier molecular flexibility index (Phi) is 8.54. The third-order valence-corrected chi connectivity index (χ3v) is 7.40. The number of hydrogen-bond acceptors (Lipinski definition) is 6. The lowest BCUT2D eigenvalue weighted by Gasteiger charge is -2.30. The molecule has 1 aliphatic heterocycles. The lowest BCUT2D eigenvalue weighted by atomic mass is 10.1. The van der Waals surface area contributed by atoms with E-state index in [1.807, 2.05) is 25.2 Å². The van der Waals surface area contributed by atoms with Gasteiger partial charge in [-0.1, -0.05) is 19.9 Å². The minimum absolute atomic E-state index is 0.0237. The first-order chi connectivity index (χ1) is 17.0. The molecule has 0 radical (unpaired) electrons. The number of aromatic nitrogens is 2. The van der Waals surface area contributed by atoms with Crippen LogP contribution in [0.1, 0.15) is 53.8 Å². The van der Waals surface area contributed by atoms with Gasteiger partial charge in [0.15, 0.2) is 0 Å². The molecule has 1 atom stereocenters. The monoisotopic (exact) mass is 497 g/mol. The minimum atomic E-state index is -0.285. The van der Waals surface area contributed by atoms with Crippen molar-refractivity contribution in [3.05, 3.63) is 52.0 Å². The number of nitrogens with zero attached hydrogens (tertiary/aromatic N) is 3. The van der Waals surface area contributed by atoms with Crippen LogP contribution in [0.3, 0.4) is 0 Å². The number of carbonyl (C=O) groups is 2. The molecular formula is C26H35N5O3S. The van der Waals surface area contributed by atoms with Crippen LogP contribution < -0.4 is 10.6 Å². The number of ether oxygens (including phenoxy) is 1. The SMILES string of the molecule is CCC(CC)n1c(Cc2cccs2)nc2cc(C(=O)NCC(=O)NCC3CN(C)CCO3)ccc21. The summed E-state index contributed by atoms with van der Waals surface area (Å²) in [5, 5.41) is 7.66. The van der Waals surface area contributed by atoms with Gasteiger partial charge in [0.25, 0.3) is 5.91 Å². The highest BCUT2D eigenvalue weighted by atomic mass is 32.1. The lowest BCUT2D eigenvalue weighted by molar-refractivity contribution is -0.121. The summed E-state index contributed by atoms with van der Waals surface area (Å²) in [4.78, 5) is 33.4. The van der Waals surface area contributed by atoms with Crippen molar-refractivity contribution in [2.75, 3.05) is 39.8 Å². The number of thiophene rings is 1. The Balaban J connectivity index is 1.42. The first-order valence-electron chi connectivity index (χ1n) is 12.4. The molecule has 1 aromatic carbocycles. The van der Waals surface area contributed by atoms with E-state index in [1.54, 1.807) is 11.3 Å². The van der Waals surface area contributed by atoms with Crippen LogP contribution in [0.4, 0.5) is 0 Å². The molecule has 8 nitrogen and oxygen atoms in total. The van der Waals surface area contributed by atoms with Gasteiger partial charge in [-0.2, -0.15) is 0 Å². The third-order valence-electron chi connectivity index (χ3n) is 6.52. The standard InChI is InChI=1S/C26H35N5O3S/c1-4-19(5-2)31-23-9-8-18(13-22(23)29-24(31)14-21-7-6-12-35-21)26(33)28-16-25(32)27-15-20-17-30(3)10-11-34-20/h6-9,12-13,19-20H,4-5,10-11,14-17H2,1-3H3,(H,27,32)(H,28,33). The van der Waals surface area contributed by atoms with Gasteiger partial charge in [-0.15, -0.1) is 11.3 Å². The summed E-state index contributed by atoms with van der Waals surface area (Å²) in [5.74, 6) is 0.503. The fraction of sp³-hybridized carbons (Fsp3) is 0.500. The topological polar surface area (TPSA) is 88.5 Å². The zero-order valence-electron chi connectivity index (χ0n) is 20.8. The molecule has 1 fully saturated rings. The second-order valence-electron chi connectivity index (χ2n) is 9.07. The summed E-state index contributed by atoms with van der Waals surface area (Å²) in [5.41, 5.74) is 2.34. The molecule has 188 valence electrons. The van der Waals surface area contributed by atoms with Gasteiger partial charge in [-0.3, -0.25) is 9.59 Å². The van der Waals surface area contributed by atoms with Crippen molar-refractivity contribution in [1.82, 2.24) is 25.1 Å². The zero-order chi connectivity index (χ0) is 24.8. The van der Waals surface area contributed by atoms with E-state index in [0.29, 0.717) is 24.8 Å². The molecule has 2 amide bonds. The normalized spacial score (nSPS) is 16.6. The molecule has 1 saturated heterocycles. The van der Waals surface area contributed by atoms with Crippen LogP contribution in [-0.4, -0.2) is 72.2 Å². The van der Waals surface area contributed by atoms with Crippen molar-refractivity contribution in [1.29, 1.82) is 0 Å². The summed E-state index contributed by atoms with van der Waals surface area (Å²) in [6, 6.07) is 10.2. The molecule has 3 aromatic rings. The van der Waals surface area contributed by atoms with Gasteiger partial charge in [0, 0.05) is 42.5 Å². The van der Waals surface area contributed by atoms with Crippen LogP contribution in [0.25, 0.3) is 11.0 Å². The highest BCUT2D eigenvalue weighted by molar-refractivity contribution is 7.09. The third kappa shape index (κ3) is 6.28. The smallest absolute Gasteiger partial charge is 0.251 e. The maximum absolute atomic E-state index is 12.8. The molecule has 2 N–H and O–H groups in total. The van der Waals surface area contributed by atoms with Gasteiger partial charge < -0.3 is 24.8 Å². The van der Waals surface area contributed by atoms with E-state index >= 15 is 0 Å². The van der Waals surface area contributed by atoms with E-state index < -0.39 is 0 Å². The van der Waals surface area contributed by atoms with Crippen LogP contribution in [0, 0.1) is 0 Å². The zero-order valence-corrected chi connectivity index (χ0v) is 21.6. The van der Waals surface area contributed by atoms with Crippen molar-refractivity contribution in [3.63, 3.8) is 0 Å². The van der Waals surface area contributed by atoms with Crippen LogP contribution in [0.15, 0.2) is 35.7 Å². The number of morpholine rings is 1. The number of fused-ring (bicyclic) bond motifs is 1. The molecule has 1 unspecified atom stereocenters. The Morgan fingerprint density at radius 3 is 2.77 bits per heavy atom. The second-order valence-corrected chi connectivity index (χ2v) is 10.1. The molecule has 0 bridgehead atoms. The average Bonchev–Trinajstić information content (AvgIpc) is 3.50. The van der Waals surface area contributed by atoms with E-state index in [2.05, 4.69) is 51.5 Å². The van der Waals surface area contributed by atoms with Crippen molar-refractivity contribution in [3.8, 4) is 0 Å². The van der Waals surface area contributed by atoms with E-state index in [9.17, 15) is 9.59 Å². The van der Waals surface area contributed by atoms with E-state index in [-0.39, 0.29) is 24.5 Å². The number of likely N-dealkylation sites (N-methyl/N-ethyl adjacent to an activating group) is 1. The van der Waals surface area contributed by atoms with E-state index in [1.165, 1.54) is 4.88 Å².